The summed E-state index contributed by atoms with van der Waals surface area (Å²) >= 11 is 5.29. The molecule has 26 heavy (non-hydrogen) atoms. The average Bonchev–Trinajstić information content (AvgIpc) is 2.97. The van der Waals surface area contributed by atoms with Gasteiger partial charge in [0.05, 0.1) is 13.7 Å². The minimum atomic E-state index is -1.01. The molecule has 0 saturated heterocycles. The summed E-state index contributed by atoms with van der Waals surface area (Å²) in [5, 5.41) is 12.7. The highest BCUT2D eigenvalue weighted by molar-refractivity contribution is 9.10. The molecule has 4 nitrogen and oxygen atoms in total. The van der Waals surface area contributed by atoms with Gasteiger partial charge in [-0.3, -0.25) is 0 Å². The van der Waals surface area contributed by atoms with E-state index in [1.54, 1.807) is 7.11 Å². The highest BCUT2D eigenvalue weighted by Gasteiger charge is 2.53. The molecule has 1 atom stereocenters. The summed E-state index contributed by atoms with van der Waals surface area (Å²) in [6.07, 6.45) is 1.07. The molecule has 0 radical (unpaired) electrons. The van der Waals surface area contributed by atoms with Gasteiger partial charge in [0.15, 0.2) is 6.54 Å². The van der Waals surface area contributed by atoms with Crippen LogP contribution in [0.25, 0.3) is 0 Å². The number of rotatable bonds is 3. The zero-order valence-electron chi connectivity index (χ0n) is 14.4. The van der Waals surface area contributed by atoms with Gasteiger partial charge < -0.3 is 26.8 Å². The van der Waals surface area contributed by atoms with Gasteiger partial charge >= 0.3 is 5.17 Å². The maximum Gasteiger partial charge on any atom is 0.316 e. The normalized spacial score (nSPS) is 22.0. The Morgan fingerprint density at radius 1 is 1.15 bits per heavy atom. The van der Waals surface area contributed by atoms with Crippen LogP contribution < -0.4 is 26.6 Å². The molecule has 0 saturated carbocycles. The lowest BCUT2D eigenvalue weighted by molar-refractivity contribution is -0.656. The molecule has 0 spiro atoms. The smallest absolute Gasteiger partial charge is 0.316 e. The molecule has 0 fully saturated rings. The number of β-amino-alcohol motifs (C(OH)–C–C–N with tert-alkyl or cyclic N) is 1. The molecule has 2 aromatic carbocycles. The van der Waals surface area contributed by atoms with Crippen molar-refractivity contribution in [3.8, 4) is 5.75 Å². The first-order valence-corrected chi connectivity index (χ1v) is 10.1. The maximum absolute atomic E-state index is 11.6. The van der Waals surface area contributed by atoms with Crippen molar-refractivity contribution in [2.24, 2.45) is 0 Å². The van der Waals surface area contributed by atoms with Crippen LogP contribution >= 0.6 is 27.7 Å². The zero-order valence-corrected chi connectivity index (χ0v) is 18.3. The standard InChI is InChI=1S/C19H20BrN2O2S.BrH/c1-24-17-9-7-16(8-10-17)21-13-19(23,14-3-5-15(20)6-4-14)22-11-2-12-25-18(21)22;/h3-10,23H,2,11-13H2,1H3;1H/q+1;/p-1. The number of anilines is 1. The van der Waals surface area contributed by atoms with Crippen molar-refractivity contribution in [3.05, 3.63) is 58.6 Å². The van der Waals surface area contributed by atoms with Crippen LogP contribution in [0.5, 0.6) is 5.75 Å². The van der Waals surface area contributed by atoms with Gasteiger partial charge in [-0.15, -0.1) is 0 Å². The zero-order chi connectivity index (χ0) is 17.4. The molecule has 0 amide bonds. The van der Waals surface area contributed by atoms with Crippen molar-refractivity contribution in [2.45, 2.75) is 12.1 Å². The Labute approximate surface area is 176 Å². The van der Waals surface area contributed by atoms with E-state index in [2.05, 4.69) is 25.4 Å². The second kappa shape index (κ2) is 7.92. The van der Waals surface area contributed by atoms with Crippen LogP contribution in [0.3, 0.4) is 0 Å². The molecular weight excluding hydrogens is 480 g/mol. The predicted octanol–water partition coefficient (Wildman–Crippen LogP) is 0.632. The van der Waals surface area contributed by atoms with E-state index in [-0.39, 0.29) is 17.0 Å². The molecule has 1 unspecified atom stereocenters. The number of hydrogen-bond donors (Lipinski definition) is 1. The third-order valence-corrected chi connectivity index (χ3v) is 6.46. The fraction of sp³-hybridized carbons (Fsp3) is 0.316. The number of hydrogen-bond acceptors (Lipinski definition) is 4. The van der Waals surface area contributed by atoms with E-state index in [0.29, 0.717) is 6.54 Å². The van der Waals surface area contributed by atoms with Crippen LogP contribution in [0.15, 0.2) is 53.0 Å². The van der Waals surface area contributed by atoms with Gasteiger partial charge in [0.1, 0.15) is 11.4 Å². The second-order valence-electron chi connectivity index (χ2n) is 6.24. The number of halogens is 2. The van der Waals surface area contributed by atoms with Crippen LogP contribution in [0, 0.1) is 0 Å². The molecular formula is C19H20Br2N2O2S. The van der Waals surface area contributed by atoms with E-state index in [9.17, 15) is 5.11 Å². The van der Waals surface area contributed by atoms with E-state index >= 15 is 0 Å². The fourth-order valence-corrected chi connectivity index (χ4v) is 4.87. The van der Waals surface area contributed by atoms with Gasteiger partial charge in [0, 0.05) is 15.8 Å². The van der Waals surface area contributed by atoms with E-state index in [1.165, 1.54) is 0 Å². The van der Waals surface area contributed by atoms with Gasteiger partial charge in [0.25, 0.3) is 5.72 Å². The first kappa shape index (κ1) is 19.7. The number of amidine groups is 1. The average molecular weight is 500 g/mol. The molecule has 4 rings (SSSR count). The SMILES string of the molecule is COc1ccc(N2CC(O)(c3ccc(Br)cc3)[N+]3=C2SCCC3)cc1.[Br-]. The number of thioether (sulfide) groups is 1. The second-order valence-corrected chi connectivity index (χ2v) is 8.22. The lowest BCUT2D eigenvalue weighted by Gasteiger charge is -2.24. The van der Waals surface area contributed by atoms with Crippen molar-refractivity contribution in [1.29, 1.82) is 0 Å². The first-order chi connectivity index (χ1) is 12.1. The molecule has 1 N–H and O–H groups in total. The lowest BCUT2D eigenvalue weighted by atomic mass is 10.0. The lowest BCUT2D eigenvalue weighted by Crippen LogP contribution is -3.00. The summed E-state index contributed by atoms with van der Waals surface area (Å²) in [4.78, 5) is 2.21. The summed E-state index contributed by atoms with van der Waals surface area (Å²) in [5.41, 5.74) is 0.985. The number of methoxy groups -OCH3 is 1. The van der Waals surface area contributed by atoms with Crippen LogP contribution in [-0.4, -0.2) is 40.8 Å². The van der Waals surface area contributed by atoms with Crippen molar-refractivity contribution >= 4 is 38.5 Å². The number of nitrogens with zero attached hydrogens (tertiary/aromatic N) is 2. The van der Waals surface area contributed by atoms with Crippen LogP contribution in [0.2, 0.25) is 0 Å². The number of ether oxygens (including phenoxy) is 1. The maximum atomic E-state index is 11.6. The summed E-state index contributed by atoms with van der Waals surface area (Å²) in [6, 6.07) is 16.0. The van der Waals surface area contributed by atoms with Crippen LogP contribution in [-0.2, 0) is 5.72 Å². The topological polar surface area (TPSA) is 35.7 Å². The monoisotopic (exact) mass is 498 g/mol. The number of aliphatic hydroxyl groups is 1. The molecule has 0 aliphatic carbocycles. The molecule has 138 valence electrons. The largest absolute Gasteiger partial charge is 1.00 e. The van der Waals surface area contributed by atoms with E-state index in [4.69, 9.17) is 4.74 Å². The van der Waals surface area contributed by atoms with Crippen molar-refractivity contribution in [1.82, 2.24) is 0 Å². The minimum absolute atomic E-state index is 0. The molecule has 0 bridgehead atoms. The summed E-state index contributed by atoms with van der Waals surface area (Å²) < 4.78 is 8.43. The van der Waals surface area contributed by atoms with E-state index < -0.39 is 5.72 Å². The molecule has 2 aliphatic rings. The van der Waals surface area contributed by atoms with Gasteiger partial charge in [-0.25, -0.2) is 9.48 Å². The van der Waals surface area contributed by atoms with Gasteiger partial charge in [-0.05, 0) is 54.6 Å². The highest BCUT2D eigenvalue weighted by atomic mass is 79.9. The fourth-order valence-electron chi connectivity index (χ4n) is 3.43. The molecule has 0 aromatic heterocycles. The summed E-state index contributed by atoms with van der Waals surface area (Å²) in [6.45, 7) is 1.38. The molecule has 2 aromatic rings. The molecule has 7 heteroatoms. The number of benzene rings is 2. The van der Waals surface area contributed by atoms with Gasteiger partial charge in [0.2, 0.25) is 0 Å². The van der Waals surface area contributed by atoms with Crippen molar-refractivity contribution in [2.75, 3.05) is 30.9 Å². The minimum Gasteiger partial charge on any atom is -1.00 e. The van der Waals surface area contributed by atoms with Crippen LogP contribution in [0.1, 0.15) is 12.0 Å². The Kier molecular flexibility index (Phi) is 6.01. The Morgan fingerprint density at radius 3 is 2.50 bits per heavy atom. The molecule has 2 aliphatic heterocycles. The summed E-state index contributed by atoms with van der Waals surface area (Å²) in [5.74, 6) is 1.92. The third kappa shape index (κ3) is 3.42. The van der Waals surface area contributed by atoms with E-state index in [0.717, 1.165) is 45.4 Å². The quantitative estimate of drug-likeness (QED) is 0.628. The molecule has 2 heterocycles. The third-order valence-electron chi connectivity index (χ3n) is 4.73. The Morgan fingerprint density at radius 2 is 1.85 bits per heavy atom. The Bertz CT molecular complexity index is 811. The van der Waals surface area contributed by atoms with Gasteiger partial charge in [-0.1, -0.05) is 28.1 Å². The highest BCUT2D eigenvalue weighted by Crippen LogP contribution is 2.38. The summed E-state index contributed by atoms with van der Waals surface area (Å²) in [7, 11) is 1.67. The first-order valence-electron chi connectivity index (χ1n) is 8.29. The van der Waals surface area contributed by atoms with Gasteiger partial charge in [-0.2, -0.15) is 0 Å². The van der Waals surface area contributed by atoms with Crippen molar-refractivity contribution < 1.29 is 31.4 Å². The predicted molar refractivity (Wildman–Crippen MR) is 106 cm³/mol. The van der Waals surface area contributed by atoms with Crippen molar-refractivity contribution in [3.63, 3.8) is 0 Å². The Balaban J connectivity index is 0.00000196. The Hall–Kier alpha value is -1.02. The van der Waals surface area contributed by atoms with Crippen LogP contribution in [0.4, 0.5) is 5.69 Å². The van der Waals surface area contributed by atoms with E-state index in [1.807, 2.05) is 60.3 Å².